The molecule has 0 fully saturated rings. The first-order valence-corrected chi connectivity index (χ1v) is 5.27. The third-order valence-electron chi connectivity index (χ3n) is 3.20. The number of allylic oxidation sites excluding steroid dienone is 1. The van der Waals surface area contributed by atoms with Gasteiger partial charge in [-0.3, -0.25) is 0 Å². The molecule has 0 amide bonds. The van der Waals surface area contributed by atoms with Crippen molar-refractivity contribution in [3.05, 3.63) is 47.2 Å². The van der Waals surface area contributed by atoms with Crippen molar-refractivity contribution in [1.29, 1.82) is 5.26 Å². The van der Waals surface area contributed by atoms with Crippen LogP contribution in [0.1, 0.15) is 18.9 Å². The van der Waals surface area contributed by atoms with Crippen molar-refractivity contribution in [2.45, 2.75) is 18.9 Å². The second-order valence-corrected chi connectivity index (χ2v) is 4.27. The summed E-state index contributed by atoms with van der Waals surface area (Å²) in [6, 6.07) is 11.3. The lowest BCUT2D eigenvalue weighted by Gasteiger charge is -2.25. The zero-order valence-electron chi connectivity index (χ0n) is 9.14. The Kier molecular flexibility index (Phi) is 2.45. The fourth-order valence-electron chi connectivity index (χ4n) is 2.30. The van der Waals surface area contributed by atoms with Gasteiger partial charge in [0.1, 0.15) is 5.60 Å². The third kappa shape index (κ3) is 1.39. The first kappa shape index (κ1) is 10.7. The van der Waals surface area contributed by atoms with Crippen molar-refractivity contribution in [3.8, 4) is 6.07 Å². The summed E-state index contributed by atoms with van der Waals surface area (Å²) in [5.41, 5.74) is 6.28. The molecule has 3 N–H and O–H groups in total. The van der Waals surface area contributed by atoms with Gasteiger partial charge < -0.3 is 10.8 Å². The van der Waals surface area contributed by atoms with E-state index in [1.165, 1.54) is 0 Å². The maximum atomic E-state index is 10.6. The Morgan fingerprint density at radius 1 is 1.44 bits per heavy atom. The Hall–Kier alpha value is -1.79. The van der Waals surface area contributed by atoms with Crippen molar-refractivity contribution in [1.82, 2.24) is 0 Å². The minimum Gasteiger partial charge on any atom is -0.399 e. The van der Waals surface area contributed by atoms with Gasteiger partial charge in [0.15, 0.2) is 0 Å². The van der Waals surface area contributed by atoms with E-state index in [0.717, 1.165) is 5.56 Å². The molecule has 3 nitrogen and oxygen atoms in total. The standard InChI is InChI=1S/C13H14N2O/c1-9-7-13(16,12(15)11(9)8-14)10-5-3-2-4-6-10/h2-6,9,16H,7,15H2,1H3/t9-,13-/m0/s1. The Balaban J connectivity index is 2.51. The fourth-order valence-corrected chi connectivity index (χ4v) is 2.30. The van der Waals surface area contributed by atoms with Crippen LogP contribution in [0, 0.1) is 17.2 Å². The van der Waals surface area contributed by atoms with Crippen molar-refractivity contribution in [3.63, 3.8) is 0 Å². The highest BCUT2D eigenvalue weighted by molar-refractivity contribution is 5.44. The quantitative estimate of drug-likeness (QED) is 0.746. The summed E-state index contributed by atoms with van der Waals surface area (Å²) in [6.07, 6.45) is 0.478. The van der Waals surface area contributed by atoms with Crippen LogP contribution < -0.4 is 5.73 Å². The molecule has 0 aromatic heterocycles. The number of aliphatic hydroxyl groups is 1. The van der Waals surface area contributed by atoms with Gasteiger partial charge in [-0.2, -0.15) is 5.26 Å². The molecule has 0 bridgehead atoms. The van der Waals surface area contributed by atoms with Crippen LogP contribution in [-0.4, -0.2) is 5.11 Å². The van der Waals surface area contributed by atoms with Crippen LogP contribution in [0.5, 0.6) is 0 Å². The minimum atomic E-state index is -1.17. The van der Waals surface area contributed by atoms with Crippen molar-refractivity contribution in [2.24, 2.45) is 11.7 Å². The van der Waals surface area contributed by atoms with Crippen LogP contribution >= 0.6 is 0 Å². The van der Waals surface area contributed by atoms with Gasteiger partial charge >= 0.3 is 0 Å². The lowest BCUT2D eigenvalue weighted by molar-refractivity contribution is 0.0682. The van der Waals surface area contributed by atoms with Crippen LogP contribution in [-0.2, 0) is 5.60 Å². The average Bonchev–Trinajstić information content (AvgIpc) is 2.52. The van der Waals surface area contributed by atoms with Crippen LogP contribution in [0.3, 0.4) is 0 Å². The highest BCUT2D eigenvalue weighted by atomic mass is 16.3. The third-order valence-corrected chi connectivity index (χ3v) is 3.20. The number of rotatable bonds is 1. The molecular weight excluding hydrogens is 200 g/mol. The van der Waals surface area contributed by atoms with Crippen molar-refractivity contribution in [2.75, 3.05) is 0 Å². The van der Waals surface area contributed by atoms with Crippen LogP contribution in [0.4, 0.5) is 0 Å². The molecule has 1 aromatic rings. The molecule has 82 valence electrons. The summed E-state index contributed by atoms with van der Waals surface area (Å²) in [4.78, 5) is 0. The molecule has 0 saturated heterocycles. The van der Waals surface area contributed by atoms with E-state index in [9.17, 15) is 5.11 Å². The number of nitrogens with two attached hydrogens (primary N) is 1. The van der Waals surface area contributed by atoms with E-state index in [1.54, 1.807) is 0 Å². The number of benzene rings is 1. The fraction of sp³-hybridized carbons (Fsp3) is 0.308. The van der Waals surface area contributed by atoms with Gasteiger partial charge in [0.2, 0.25) is 0 Å². The number of nitriles is 1. The van der Waals surface area contributed by atoms with Gasteiger partial charge in [0, 0.05) is 0 Å². The first-order valence-electron chi connectivity index (χ1n) is 5.27. The number of hydrogen-bond acceptors (Lipinski definition) is 3. The van der Waals surface area contributed by atoms with Gasteiger partial charge in [-0.1, -0.05) is 37.3 Å². The van der Waals surface area contributed by atoms with Crippen molar-refractivity contribution >= 4 is 0 Å². The van der Waals surface area contributed by atoms with E-state index >= 15 is 0 Å². The molecule has 1 aromatic carbocycles. The number of nitrogens with zero attached hydrogens (tertiary/aromatic N) is 1. The Bertz CT molecular complexity index is 472. The first-order chi connectivity index (χ1) is 7.59. The molecule has 1 aliphatic rings. The van der Waals surface area contributed by atoms with E-state index < -0.39 is 5.60 Å². The molecule has 2 rings (SSSR count). The molecule has 0 heterocycles. The average molecular weight is 214 g/mol. The predicted octanol–water partition coefficient (Wildman–Crippen LogP) is 1.65. The van der Waals surface area contributed by atoms with Crippen molar-refractivity contribution < 1.29 is 5.11 Å². The second-order valence-electron chi connectivity index (χ2n) is 4.27. The van der Waals surface area contributed by atoms with Crippen LogP contribution in [0.2, 0.25) is 0 Å². The van der Waals surface area contributed by atoms with Gasteiger partial charge in [0.05, 0.1) is 17.3 Å². The molecule has 0 aliphatic heterocycles. The summed E-state index contributed by atoms with van der Waals surface area (Å²) in [7, 11) is 0. The molecule has 0 unspecified atom stereocenters. The normalized spacial score (nSPS) is 29.2. The van der Waals surface area contributed by atoms with Gasteiger partial charge in [-0.15, -0.1) is 0 Å². The molecule has 16 heavy (non-hydrogen) atoms. The van der Waals surface area contributed by atoms with E-state index in [-0.39, 0.29) is 5.92 Å². The summed E-state index contributed by atoms with van der Waals surface area (Å²) < 4.78 is 0. The zero-order chi connectivity index (χ0) is 11.8. The minimum absolute atomic E-state index is 0.00945. The molecular formula is C13H14N2O. The maximum Gasteiger partial charge on any atom is 0.130 e. The Labute approximate surface area is 94.8 Å². The zero-order valence-corrected chi connectivity index (χ0v) is 9.14. The van der Waals surface area contributed by atoms with Gasteiger partial charge in [0.25, 0.3) is 0 Å². The highest BCUT2D eigenvalue weighted by Crippen LogP contribution is 2.43. The molecule has 2 atom stereocenters. The smallest absolute Gasteiger partial charge is 0.130 e. The lowest BCUT2D eigenvalue weighted by Crippen LogP contribution is -2.29. The molecule has 3 heteroatoms. The Morgan fingerprint density at radius 3 is 2.56 bits per heavy atom. The van der Waals surface area contributed by atoms with E-state index in [0.29, 0.717) is 17.7 Å². The van der Waals surface area contributed by atoms with E-state index in [4.69, 9.17) is 11.0 Å². The molecule has 0 radical (unpaired) electrons. The summed E-state index contributed by atoms with van der Waals surface area (Å²) in [5.74, 6) is 0.00945. The largest absolute Gasteiger partial charge is 0.399 e. The Morgan fingerprint density at radius 2 is 2.06 bits per heavy atom. The molecule has 0 spiro atoms. The van der Waals surface area contributed by atoms with E-state index in [1.807, 2.05) is 37.3 Å². The molecule has 0 saturated carbocycles. The van der Waals surface area contributed by atoms with Crippen LogP contribution in [0.25, 0.3) is 0 Å². The van der Waals surface area contributed by atoms with E-state index in [2.05, 4.69) is 6.07 Å². The highest BCUT2D eigenvalue weighted by Gasteiger charge is 2.43. The predicted molar refractivity (Wildman–Crippen MR) is 60.9 cm³/mol. The van der Waals surface area contributed by atoms with Gasteiger partial charge in [-0.25, -0.2) is 0 Å². The summed E-state index contributed by atoms with van der Waals surface area (Å²) >= 11 is 0. The van der Waals surface area contributed by atoms with Crippen LogP contribution in [0.15, 0.2) is 41.6 Å². The monoisotopic (exact) mass is 214 g/mol. The summed E-state index contributed by atoms with van der Waals surface area (Å²) in [5, 5.41) is 19.6. The number of hydrogen-bond donors (Lipinski definition) is 2. The molecule has 1 aliphatic carbocycles. The lowest BCUT2D eigenvalue weighted by atomic mass is 9.89. The maximum absolute atomic E-state index is 10.6. The van der Waals surface area contributed by atoms with Gasteiger partial charge in [-0.05, 0) is 17.9 Å². The SMILES string of the molecule is C[C@H]1C[C@](O)(c2ccccc2)C(N)=C1C#N. The second kappa shape index (κ2) is 3.66. The summed E-state index contributed by atoms with van der Waals surface area (Å²) in [6.45, 7) is 1.91. The topological polar surface area (TPSA) is 70.0 Å².